The summed E-state index contributed by atoms with van der Waals surface area (Å²) in [6.45, 7) is 0. The second kappa shape index (κ2) is 9.28. The van der Waals surface area contributed by atoms with Crippen LogP contribution >= 0.6 is 0 Å². The molecule has 3 rings (SSSR count). The molecule has 0 unspecified atom stereocenters. The Balaban J connectivity index is 1.51. The Kier molecular flexibility index (Phi) is 6.30. The number of carbonyl (C=O) groups excluding carboxylic acids is 2. The highest BCUT2D eigenvalue weighted by Crippen LogP contribution is 2.24. The van der Waals surface area contributed by atoms with Crippen LogP contribution in [0.5, 0.6) is 0 Å². The Hall–Kier alpha value is -3.48. The van der Waals surface area contributed by atoms with E-state index >= 15 is 0 Å². The van der Waals surface area contributed by atoms with Crippen molar-refractivity contribution in [2.45, 2.75) is 12.8 Å². The van der Waals surface area contributed by atoms with Gasteiger partial charge in [-0.15, -0.1) is 0 Å². The number of hydrazone groups is 2. The Morgan fingerprint density at radius 3 is 1.56 bits per heavy atom. The molecule has 2 amide bonds. The maximum Gasteiger partial charge on any atom is 0.230 e. The molecular formula is C20H21N5O2. The van der Waals surface area contributed by atoms with Gasteiger partial charge >= 0.3 is 0 Å². The summed E-state index contributed by atoms with van der Waals surface area (Å²) in [7, 11) is 0. The van der Waals surface area contributed by atoms with Crippen molar-refractivity contribution in [3.8, 4) is 0 Å². The zero-order valence-corrected chi connectivity index (χ0v) is 14.7. The minimum absolute atomic E-state index is 0.263. The molecule has 0 aromatic heterocycles. The maximum absolute atomic E-state index is 12.0. The first-order chi connectivity index (χ1) is 13.2. The quantitative estimate of drug-likeness (QED) is 0.382. The van der Waals surface area contributed by atoms with E-state index in [1.54, 1.807) is 12.4 Å². The molecule has 0 saturated carbocycles. The lowest BCUT2D eigenvalue weighted by molar-refractivity contribution is -0.126. The fourth-order valence-corrected chi connectivity index (χ4v) is 2.81. The first-order valence-corrected chi connectivity index (χ1v) is 8.74. The largest absolute Gasteiger partial charge is 0.296 e. The molecule has 27 heavy (non-hydrogen) atoms. The highest BCUT2D eigenvalue weighted by Gasteiger charge is 2.40. The number of benzene rings is 2. The van der Waals surface area contributed by atoms with Gasteiger partial charge in [-0.1, -0.05) is 36.4 Å². The highest BCUT2D eigenvalue weighted by atomic mass is 16.2. The number of amides is 2. The van der Waals surface area contributed by atoms with Crippen molar-refractivity contribution >= 4 is 35.6 Å². The summed E-state index contributed by atoms with van der Waals surface area (Å²) in [5.41, 5.74) is 7.51. The van der Waals surface area contributed by atoms with Crippen LogP contribution < -0.4 is 16.2 Å². The van der Waals surface area contributed by atoms with Crippen LogP contribution in [0.3, 0.4) is 0 Å². The Bertz CT molecular complexity index is 751. The number of para-hydroxylation sites is 2. The van der Waals surface area contributed by atoms with E-state index in [2.05, 4.69) is 26.4 Å². The molecule has 1 fully saturated rings. The lowest BCUT2D eigenvalue weighted by atomic mass is 9.90. The van der Waals surface area contributed by atoms with Gasteiger partial charge in [-0.2, -0.15) is 10.2 Å². The Morgan fingerprint density at radius 1 is 0.741 bits per heavy atom. The van der Waals surface area contributed by atoms with Crippen molar-refractivity contribution < 1.29 is 9.59 Å². The molecule has 7 heteroatoms. The van der Waals surface area contributed by atoms with E-state index in [-0.39, 0.29) is 11.8 Å². The second-order valence-electron chi connectivity index (χ2n) is 6.12. The average Bonchev–Trinajstić information content (AvgIpc) is 2.97. The zero-order valence-electron chi connectivity index (χ0n) is 14.7. The van der Waals surface area contributed by atoms with Crippen LogP contribution in [0.2, 0.25) is 0 Å². The van der Waals surface area contributed by atoms with E-state index in [4.69, 9.17) is 0 Å². The first-order valence-electron chi connectivity index (χ1n) is 8.74. The lowest BCUT2D eigenvalue weighted by Crippen LogP contribution is -2.22. The van der Waals surface area contributed by atoms with Gasteiger partial charge in [-0.3, -0.25) is 25.8 Å². The lowest BCUT2D eigenvalue weighted by Gasteiger charge is -2.10. The van der Waals surface area contributed by atoms with Crippen molar-refractivity contribution in [3.05, 3.63) is 60.7 Å². The molecule has 2 aromatic rings. The van der Waals surface area contributed by atoms with Gasteiger partial charge in [0.2, 0.25) is 11.8 Å². The molecule has 0 spiro atoms. The number of hydrogen-bond donors (Lipinski definition) is 3. The molecule has 3 N–H and O–H groups in total. The summed E-state index contributed by atoms with van der Waals surface area (Å²) in [6, 6.07) is 19.0. The van der Waals surface area contributed by atoms with Crippen LogP contribution in [-0.2, 0) is 9.59 Å². The maximum atomic E-state index is 12.0. The standard InChI is InChI=1S/C20H21N5O2/c26-19-17(11-13-21-24-15-7-3-1-4-8-15)18(20(27)23-19)12-14-22-25-16-9-5-2-6-10-16/h1-10,13-14,17-18,24-25H,11-12H2,(H,23,26,27)/b21-13-,22-14-/t17-,18+. The fourth-order valence-electron chi connectivity index (χ4n) is 2.81. The molecule has 138 valence electrons. The SMILES string of the molecule is O=C1NC(=O)[C@H](C/C=N\Nc2ccccc2)[C@@H]1C/C=N\Nc1ccccc1. The summed E-state index contributed by atoms with van der Waals surface area (Å²) in [5, 5.41) is 10.6. The van der Waals surface area contributed by atoms with Crippen molar-refractivity contribution in [3.63, 3.8) is 0 Å². The zero-order chi connectivity index (χ0) is 18.9. The summed E-state index contributed by atoms with van der Waals surface area (Å²) < 4.78 is 0. The van der Waals surface area contributed by atoms with Gasteiger partial charge in [-0.05, 0) is 37.1 Å². The summed E-state index contributed by atoms with van der Waals surface area (Å²) in [5.74, 6) is -1.41. The molecule has 1 heterocycles. The monoisotopic (exact) mass is 363 g/mol. The van der Waals surface area contributed by atoms with Crippen LogP contribution in [0.15, 0.2) is 70.9 Å². The minimum Gasteiger partial charge on any atom is -0.296 e. The average molecular weight is 363 g/mol. The minimum atomic E-state index is -0.443. The van der Waals surface area contributed by atoms with Crippen molar-refractivity contribution in [2.75, 3.05) is 10.9 Å². The number of imide groups is 1. The number of carbonyl (C=O) groups is 2. The van der Waals surface area contributed by atoms with Crippen molar-refractivity contribution in [1.29, 1.82) is 0 Å². The van der Waals surface area contributed by atoms with Crippen molar-refractivity contribution in [1.82, 2.24) is 5.32 Å². The summed E-state index contributed by atoms with van der Waals surface area (Å²) >= 11 is 0. The van der Waals surface area contributed by atoms with Crippen LogP contribution in [0, 0.1) is 11.8 Å². The molecule has 2 atom stereocenters. The Morgan fingerprint density at radius 2 is 1.15 bits per heavy atom. The predicted molar refractivity (Wildman–Crippen MR) is 106 cm³/mol. The molecule has 1 saturated heterocycles. The molecule has 0 aliphatic carbocycles. The number of anilines is 2. The number of nitrogens with one attached hydrogen (secondary N) is 3. The molecule has 1 aliphatic heterocycles. The third-order valence-corrected chi connectivity index (χ3v) is 4.24. The van der Waals surface area contributed by atoms with Gasteiger partial charge in [0.25, 0.3) is 0 Å². The molecule has 0 radical (unpaired) electrons. The smallest absolute Gasteiger partial charge is 0.230 e. The van der Waals surface area contributed by atoms with Crippen LogP contribution in [-0.4, -0.2) is 24.2 Å². The number of hydrogen-bond acceptors (Lipinski definition) is 6. The molecule has 2 aromatic carbocycles. The van der Waals surface area contributed by atoms with E-state index in [0.29, 0.717) is 12.8 Å². The number of nitrogens with zero attached hydrogens (tertiary/aromatic N) is 2. The molecule has 0 bridgehead atoms. The number of rotatable bonds is 8. The predicted octanol–water partition coefficient (Wildman–Crippen LogP) is 2.85. The Labute approximate surface area is 157 Å². The third kappa shape index (κ3) is 5.24. The molecule has 7 nitrogen and oxygen atoms in total. The van der Waals surface area contributed by atoms with E-state index < -0.39 is 11.8 Å². The van der Waals surface area contributed by atoms with Gasteiger partial charge in [0, 0.05) is 12.4 Å². The van der Waals surface area contributed by atoms with E-state index in [1.807, 2.05) is 60.7 Å². The van der Waals surface area contributed by atoms with Gasteiger partial charge in [0.15, 0.2) is 0 Å². The second-order valence-corrected chi connectivity index (χ2v) is 6.12. The van der Waals surface area contributed by atoms with Crippen molar-refractivity contribution in [2.24, 2.45) is 22.0 Å². The van der Waals surface area contributed by atoms with E-state index in [0.717, 1.165) is 11.4 Å². The molecular weight excluding hydrogens is 342 g/mol. The third-order valence-electron chi connectivity index (χ3n) is 4.24. The highest BCUT2D eigenvalue weighted by molar-refractivity contribution is 6.06. The topological polar surface area (TPSA) is 95.0 Å². The van der Waals surface area contributed by atoms with E-state index in [1.165, 1.54) is 0 Å². The van der Waals surface area contributed by atoms with E-state index in [9.17, 15) is 9.59 Å². The van der Waals surface area contributed by atoms with Gasteiger partial charge < -0.3 is 0 Å². The van der Waals surface area contributed by atoms with Crippen LogP contribution in [0.1, 0.15) is 12.8 Å². The van der Waals surface area contributed by atoms with Gasteiger partial charge in [0.1, 0.15) is 0 Å². The van der Waals surface area contributed by atoms with Crippen LogP contribution in [0.4, 0.5) is 11.4 Å². The normalized spacial score (nSPS) is 19.6. The van der Waals surface area contributed by atoms with Gasteiger partial charge in [0.05, 0.1) is 23.2 Å². The van der Waals surface area contributed by atoms with Crippen LogP contribution in [0.25, 0.3) is 0 Å². The summed E-state index contributed by atoms with van der Waals surface area (Å²) in [6.07, 6.45) is 4.01. The summed E-state index contributed by atoms with van der Waals surface area (Å²) in [4.78, 5) is 24.1. The van der Waals surface area contributed by atoms with Gasteiger partial charge in [-0.25, -0.2) is 0 Å². The first kappa shape index (κ1) is 18.3. The molecule has 1 aliphatic rings. The fraction of sp³-hybridized carbons (Fsp3) is 0.200.